The molecule has 0 atom stereocenters. The molecule has 9 heteroatoms. The smallest absolute Gasteiger partial charge is 0.357 e. The van der Waals surface area contributed by atoms with Crippen LogP contribution >= 0.6 is 0 Å². The Morgan fingerprint density at radius 1 is 1.21 bits per heavy atom. The molecule has 9 nitrogen and oxygen atoms in total. The van der Waals surface area contributed by atoms with Crippen LogP contribution in [0.3, 0.4) is 0 Å². The van der Waals surface area contributed by atoms with E-state index >= 15 is 0 Å². The molecule has 0 radical (unpaired) electrons. The second-order valence-electron chi connectivity index (χ2n) is 10.2. The first-order valence-electron chi connectivity index (χ1n) is 13.6. The Morgan fingerprint density at radius 2 is 1.89 bits per heavy atom. The predicted molar refractivity (Wildman–Crippen MR) is 147 cm³/mol. The van der Waals surface area contributed by atoms with E-state index in [1.54, 1.807) is 13.0 Å². The van der Waals surface area contributed by atoms with Crippen LogP contribution < -0.4 is 10.2 Å². The van der Waals surface area contributed by atoms with Crippen molar-refractivity contribution in [2.24, 2.45) is 5.92 Å². The number of aromatic nitrogens is 1. The van der Waals surface area contributed by atoms with Gasteiger partial charge in [-0.3, -0.25) is 10.2 Å². The van der Waals surface area contributed by atoms with Gasteiger partial charge in [-0.05, 0) is 36.6 Å². The van der Waals surface area contributed by atoms with E-state index in [4.69, 9.17) is 25.1 Å². The number of hydrogen-bond acceptors (Lipinski definition) is 8. The average molecular weight is 520 g/mol. The quantitative estimate of drug-likeness (QED) is 0.297. The number of quaternary nitrogens is 1. The van der Waals surface area contributed by atoms with Crippen LogP contribution in [0.5, 0.6) is 0 Å². The Bertz CT molecular complexity index is 1160. The van der Waals surface area contributed by atoms with Crippen LogP contribution in [-0.2, 0) is 9.47 Å². The van der Waals surface area contributed by atoms with E-state index in [-0.39, 0.29) is 24.3 Å². The summed E-state index contributed by atoms with van der Waals surface area (Å²) in [7, 11) is 0. The number of carbonyl (C=O) groups is 1. The van der Waals surface area contributed by atoms with Crippen LogP contribution in [0.25, 0.3) is 11.1 Å². The fourth-order valence-electron chi connectivity index (χ4n) is 5.07. The second-order valence-corrected chi connectivity index (χ2v) is 10.2. The molecule has 1 aromatic heterocycles. The van der Waals surface area contributed by atoms with Gasteiger partial charge in [0.05, 0.1) is 44.0 Å². The first-order chi connectivity index (χ1) is 18.4. The molecule has 0 bridgehead atoms. The second kappa shape index (κ2) is 13.0. The van der Waals surface area contributed by atoms with Gasteiger partial charge in [0.25, 0.3) is 0 Å². The van der Waals surface area contributed by atoms with Gasteiger partial charge in [-0.25, -0.2) is 4.79 Å². The summed E-state index contributed by atoms with van der Waals surface area (Å²) in [4.78, 5) is 22.1. The Balaban J connectivity index is 1.74. The highest BCUT2D eigenvalue weighted by molar-refractivity contribution is 6.08. The number of anilines is 1. The highest BCUT2D eigenvalue weighted by atomic mass is 16.5. The number of hydrogen-bond donors (Lipinski definition) is 2. The number of nitriles is 1. The molecular weight excluding hydrogens is 480 g/mol. The molecule has 202 valence electrons. The van der Waals surface area contributed by atoms with E-state index in [0.717, 1.165) is 74.6 Å². The summed E-state index contributed by atoms with van der Waals surface area (Å²) in [5.41, 5.74) is 4.41. The number of nitrogens with zero attached hydrogens (tertiary/aromatic N) is 4. The van der Waals surface area contributed by atoms with Crippen molar-refractivity contribution in [2.45, 2.75) is 39.7 Å². The summed E-state index contributed by atoms with van der Waals surface area (Å²) in [5.74, 6) is 0.196. The van der Waals surface area contributed by atoms with Crippen molar-refractivity contribution >= 4 is 23.2 Å². The maximum absolute atomic E-state index is 12.9. The van der Waals surface area contributed by atoms with E-state index < -0.39 is 5.97 Å². The zero-order valence-corrected chi connectivity index (χ0v) is 22.7. The van der Waals surface area contributed by atoms with Gasteiger partial charge in [0.2, 0.25) is 5.82 Å². The first kappa shape index (κ1) is 27.7. The minimum Gasteiger partial charge on any atom is -0.461 e. The number of carbonyl (C=O) groups excluding carboxylic acids is 1. The normalized spacial score (nSPS) is 16.9. The first-order valence-corrected chi connectivity index (χ1v) is 13.6. The summed E-state index contributed by atoms with van der Waals surface area (Å²) < 4.78 is 10.8. The van der Waals surface area contributed by atoms with Crippen LogP contribution in [0.1, 0.15) is 49.7 Å². The van der Waals surface area contributed by atoms with Gasteiger partial charge in [-0.15, -0.1) is 0 Å². The SMILES string of the molecule is CCOC(=O)c1cc(-c2ccc(N3CCOCC3)cc2)c(C(=N)C(C)C)c([NH2+]C2CCN(CC#N)CC2)n1. The summed E-state index contributed by atoms with van der Waals surface area (Å²) in [6, 6.07) is 12.6. The minimum atomic E-state index is -0.459. The molecule has 2 aliphatic rings. The molecular formula is C29H39N6O3+. The number of nitrogens with one attached hydrogen (secondary N) is 1. The lowest BCUT2D eigenvalue weighted by Crippen LogP contribution is -2.86. The van der Waals surface area contributed by atoms with Gasteiger partial charge in [-0.2, -0.15) is 10.2 Å². The highest BCUT2D eigenvalue weighted by Gasteiger charge is 2.29. The van der Waals surface area contributed by atoms with E-state index in [9.17, 15) is 4.79 Å². The molecule has 3 N–H and O–H groups in total. The third-order valence-electron chi connectivity index (χ3n) is 7.25. The van der Waals surface area contributed by atoms with E-state index in [0.29, 0.717) is 18.1 Å². The summed E-state index contributed by atoms with van der Waals surface area (Å²) >= 11 is 0. The third kappa shape index (κ3) is 6.57. The molecule has 2 aromatic rings. The molecule has 2 saturated heterocycles. The van der Waals surface area contributed by atoms with Crippen molar-refractivity contribution in [1.29, 1.82) is 10.7 Å². The van der Waals surface area contributed by atoms with Crippen molar-refractivity contribution < 1.29 is 19.6 Å². The molecule has 2 fully saturated rings. The minimum absolute atomic E-state index is 0.0127. The van der Waals surface area contributed by atoms with E-state index in [1.807, 2.05) is 13.8 Å². The molecule has 0 aliphatic carbocycles. The van der Waals surface area contributed by atoms with Crippen LogP contribution in [0, 0.1) is 22.7 Å². The van der Waals surface area contributed by atoms with E-state index in [2.05, 4.69) is 45.5 Å². The van der Waals surface area contributed by atoms with Crippen molar-refractivity contribution in [3.8, 4) is 17.2 Å². The largest absolute Gasteiger partial charge is 0.461 e. The van der Waals surface area contributed by atoms with Crippen molar-refractivity contribution in [3.05, 3.63) is 41.6 Å². The Hall–Kier alpha value is -3.32. The lowest BCUT2D eigenvalue weighted by molar-refractivity contribution is -0.617. The maximum Gasteiger partial charge on any atom is 0.357 e. The molecule has 4 rings (SSSR count). The van der Waals surface area contributed by atoms with Gasteiger partial charge in [0, 0.05) is 56.0 Å². The van der Waals surface area contributed by atoms with E-state index in [1.165, 1.54) is 0 Å². The predicted octanol–water partition coefficient (Wildman–Crippen LogP) is 2.97. The molecule has 0 amide bonds. The standard InChI is InChI=1S/C29H38N6O3/c1-4-38-29(36)25-19-24(21-5-7-23(8-6-21)35-15-17-37-18-16-35)26(27(31)20(2)3)28(33-25)32-22-9-12-34(13-10-22)14-11-30/h5-8,19-20,22,31H,4,9-10,12-18H2,1-3H3,(H,32,33)/p+1. The summed E-state index contributed by atoms with van der Waals surface area (Å²) in [6.07, 6.45) is 1.82. The third-order valence-corrected chi connectivity index (χ3v) is 7.25. The average Bonchev–Trinajstić information content (AvgIpc) is 2.94. The fourth-order valence-corrected chi connectivity index (χ4v) is 5.07. The summed E-state index contributed by atoms with van der Waals surface area (Å²) in [6.45, 7) is 11.4. The number of ether oxygens (including phenoxy) is 2. The molecule has 38 heavy (non-hydrogen) atoms. The molecule has 0 unspecified atom stereocenters. The maximum atomic E-state index is 12.9. The fraction of sp³-hybridized carbons (Fsp3) is 0.517. The number of rotatable bonds is 9. The summed E-state index contributed by atoms with van der Waals surface area (Å²) in [5, 5.41) is 20.2. The number of esters is 1. The van der Waals surface area contributed by atoms with Crippen molar-refractivity contribution in [2.75, 3.05) is 57.4 Å². The monoisotopic (exact) mass is 519 g/mol. The van der Waals surface area contributed by atoms with Gasteiger partial charge >= 0.3 is 5.97 Å². The van der Waals surface area contributed by atoms with Crippen LogP contribution in [0.2, 0.25) is 0 Å². The van der Waals surface area contributed by atoms with Crippen LogP contribution in [-0.4, -0.2) is 80.2 Å². The number of pyridine rings is 1. The topological polar surface area (TPSA) is 119 Å². The Morgan fingerprint density at radius 3 is 2.50 bits per heavy atom. The van der Waals surface area contributed by atoms with Gasteiger partial charge in [0.1, 0.15) is 0 Å². The number of morpholine rings is 1. The lowest BCUT2D eigenvalue weighted by atomic mass is 9.91. The number of benzene rings is 1. The van der Waals surface area contributed by atoms with Gasteiger partial charge < -0.3 is 19.8 Å². The highest BCUT2D eigenvalue weighted by Crippen LogP contribution is 2.32. The number of piperidine rings is 1. The van der Waals surface area contributed by atoms with Crippen molar-refractivity contribution in [1.82, 2.24) is 9.88 Å². The molecule has 0 saturated carbocycles. The zero-order chi connectivity index (χ0) is 27.1. The Labute approximate surface area is 225 Å². The lowest BCUT2D eigenvalue weighted by Gasteiger charge is -2.29. The molecule has 3 heterocycles. The number of likely N-dealkylation sites (tertiary alicyclic amines) is 1. The molecule has 2 aliphatic heterocycles. The van der Waals surface area contributed by atoms with Crippen LogP contribution in [0.15, 0.2) is 30.3 Å². The van der Waals surface area contributed by atoms with Gasteiger partial charge in [-0.1, -0.05) is 26.0 Å². The van der Waals surface area contributed by atoms with Crippen LogP contribution in [0.4, 0.5) is 11.5 Å². The number of nitrogens with two attached hydrogens (primary N) is 1. The molecule has 0 spiro atoms. The Kier molecular flexibility index (Phi) is 9.45. The van der Waals surface area contributed by atoms with Crippen molar-refractivity contribution in [3.63, 3.8) is 0 Å². The zero-order valence-electron chi connectivity index (χ0n) is 22.7. The molecule has 1 aromatic carbocycles. The van der Waals surface area contributed by atoms with Gasteiger partial charge in [0.15, 0.2) is 5.69 Å².